The van der Waals surface area contributed by atoms with Crippen molar-refractivity contribution in [2.75, 3.05) is 5.73 Å². The number of hydrogen-bond donors (Lipinski definition) is 2. The molecule has 2 aromatic heterocycles. The van der Waals surface area contributed by atoms with E-state index in [1.54, 1.807) is 6.07 Å². The molecule has 2 heterocycles. The monoisotopic (exact) mass is 349 g/mol. The number of thiophene rings is 1. The van der Waals surface area contributed by atoms with Crippen molar-refractivity contribution in [1.29, 1.82) is 0 Å². The molecule has 3 N–H and O–H groups in total. The molecule has 1 aliphatic rings. The van der Waals surface area contributed by atoms with E-state index in [1.165, 1.54) is 22.5 Å². The van der Waals surface area contributed by atoms with E-state index in [-0.39, 0.29) is 11.9 Å². The lowest BCUT2D eigenvalue weighted by atomic mass is 9.88. The van der Waals surface area contributed by atoms with Crippen LogP contribution in [-0.4, -0.2) is 10.9 Å². The number of fused-ring (bicyclic) bond motifs is 1. The van der Waals surface area contributed by atoms with Gasteiger partial charge < -0.3 is 11.1 Å². The SMILES string of the molecule is Nc1cccc(-c2ccc(C(=O)N[C@@H]3CCCc4ccccc43)s2)n1. The van der Waals surface area contributed by atoms with Crippen molar-refractivity contribution in [3.05, 3.63) is 70.6 Å². The van der Waals surface area contributed by atoms with Gasteiger partial charge in [-0.15, -0.1) is 11.3 Å². The molecule has 0 spiro atoms. The van der Waals surface area contributed by atoms with Crippen LogP contribution in [0.2, 0.25) is 0 Å². The Bertz CT molecular complexity index is 919. The van der Waals surface area contributed by atoms with Gasteiger partial charge in [0.1, 0.15) is 5.82 Å². The molecule has 5 heteroatoms. The number of anilines is 1. The Morgan fingerprint density at radius 1 is 1.12 bits per heavy atom. The van der Waals surface area contributed by atoms with E-state index >= 15 is 0 Å². The number of pyridine rings is 1. The average molecular weight is 349 g/mol. The lowest BCUT2D eigenvalue weighted by Gasteiger charge is -2.26. The molecule has 25 heavy (non-hydrogen) atoms. The van der Waals surface area contributed by atoms with Crippen molar-refractivity contribution in [2.24, 2.45) is 0 Å². The summed E-state index contributed by atoms with van der Waals surface area (Å²) < 4.78 is 0. The van der Waals surface area contributed by atoms with E-state index in [4.69, 9.17) is 5.73 Å². The highest BCUT2D eigenvalue weighted by Crippen LogP contribution is 2.31. The number of nitrogens with one attached hydrogen (secondary N) is 1. The van der Waals surface area contributed by atoms with Crippen LogP contribution in [-0.2, 0) is 6.42 Å². The molecular formula is C20H19N3OS. The molecule has 4 nitrogen and oxygen atoms in total. The highest BCUT2D eigenvalue weighted by Gasteiger charge is 2.22. The number of aryl methyl sites for hydroxylation is 1. The number of nitrogen functional groups attached to an aromatic ring is 1. The van der Waals surface area contributed by atoms with Gasteiger partial charge in [0.2, 0.25) is 0 Å². The summed E-state index contributed by atoms with van der Waals surface area (Å²) in [7, 11) is 0. The number of carbonyl (C=O) groups excluding carboxylic acids is 1. The van der Waals surface area contributed by atoms with Gasteiger partial charge in [0.15, 0.2) is 0 Å². The Labute approximate surface area is 150 Å². The first kappa shape index (κ1) is 15.8. The highest BCUT2D eigenvalue weighted by molar-refractivity contribution is 7.17. The average Bonchev–Trinajstić information content (AvgIpc) is 3.12. The molecule has 1 amide bonds. The zero-order valence-electron chi connectivity index (χ0n) is 13.7. The predicted molar refractivity (Wildman–Crippen MR) is 102 cm³/mol. The number of amides is 1. The molecule has 3 aromatic rings. The Balaban J connectivity index is 1.53. The van der Waals surface area contributed by atoms with E-state index in [0.717, 1.165) is 29.8 Å². The number of hydrogen-bond acceptors (Lipinski definition) is 4. The second kappa shape index (κ2) is 6.69. The number of benzene rings is 1. The number of carbonyl (C=O) groups is 1. The Kier molecular flexibility index (Phi) is 4.24. The van der Waals surface area contributed by atoms with Crippen molar-refractivity contribution in [1.82, 2.24) is 10.3 Å². The number of aromatic nitrogens is 1. The summed E-state index contributed by atoms with van der Waals surface area (Å²) in [4.78, 5) is 18.6. The van der Waals surface area contributed by atoms with Gasteiger partial charge in [-0.05, 0) is 54.7 Å². The molecule has 1 aromatic carbocycles. The van der Waals surface area contributed by atoms with Gasteiger partial charge in [-0.1, -0.05) is 30.3 Å². The maximum absolute atomic E-state index is 12.7. The first-order chi connectivity index (χ1) is 12.2. The van der Waals surface area contributed by atoms with Gasteiger partial charge in [0.25, 0.3) is 5.91 Å². The van der Waals surface area contributed by atoms with Crippen LogP contribution in [0.5, 0.6) is 0 Å². The third kappa shape index (κ3) is 3.28. The number of rotatable bonds is 3. The fourth-order valence-electron chi connectivity index (χ4n) is 3.32. The molecule has 0 fully saturated rings. The van der Waals surface area contributed by atoms with E-state index in [2.05, 4.69) is 28.5 Å². The van der Waals surface area contributed by atoms with Crippen LogP contribution in [0, 0.1) is 0 Å². The quantitative estimate of drug-likeness (QED) is 0.744. The minimum atomic E-state index is -0.0261. The molecule has 0 saturated carbocycles. The molecule has 126 valence electrons. The van der Waals surface area contributed by atoms with Crippen molar-refractivity contribution in [2.45, 2.75) is 25.3 Å². The fraction of sp³-hybridized carbons (Fsp3) is 0.200. The van der Waals surface area contributed by atoms with Gasteiger partial charge in [-0.2, -0.15) is 0 Å². The summed E-state index contributed by atoms with van der Waals surface area (Å²) in [5.74, 6) is 0.456. The Morgan fingerprint density at radius 3 is 2.88 bits per heavy atom. The molecule has 0 unspecified atom stereocenters. The molecular weight excluding hydrogens is 330 g/mol. The van der Waals surface area contributed by atoms with E-state index in [0.29, 0.717) is 10.7 Å². The highest BCUT2D eigenvalue weighted by atomic mass is 32.1. The first-order valence-electron chi connectivity index (χ1n) is 8.42. The molecule has 0 aliphatic heterocycles. The van der Waals surface area contributed by atoms with Crippen molar-refractivity contribution >= 4 is 23.1 Å². The minimum Gasteiger partial charge on any atom is -0.384 e. The van der Waals surface area contributed by atoms with Crippen LogP contribution >= 0.6 is 11.3 Å². The van der Waals surface area contributed by atoms with E-state index < -0.39 is 0 Å². The maximum Gasteiger partial charge on any atom is 0.261 e. The minimum absolute atomic E-state index is 0.0261. The summed E-state index contributed by atoms with van der Waals surface area (Å²) in [5, 5.41) is 3.19. The topological polar surface area (TPSA) is 68.0 Å². The van der Waals surface area contributed by atoms with Gasteiger partial charge >= 0.3 is 0 Å². The van der Waals surface area contributed by atoms with Crippen LogP contribution < -0.4 is 11.1 Å². The van der Waals surface area contributed by atoms with Gasteiger partial charge in [-0.25, -0.2) is 4.98 Å². The third-order valence-corrected chi connectivity index (χ3v) is 5.63. The molecule has 0 radical (unpaired) electrons. The standard InChI is InChI=1S/C20H19N3OS/c21-19-10-4-9-16(22-19)17-11-12-18(25-17)20(24)23-15-8-3-6-13-5-1-2-7-14(13)15/h1-2,4-5,7,9-12,15H,3,6,8H2,(H2,21,22)(H,23,24)/t15-/m1/s1. The lowest BCUT2D eigenvalue weighted by Crippen LogP contribution is -2.30. The zero-order chi connectivity index (χ0) is 17.2. The van der Waals surface area contributed by atoms with Gasteiger partial charge in [0.05, 0.1) is 21.5 Å². The Hall–Kier alpha value is -2.66. The summed E-state index contributed by atoms with van der Waals surface area (Å²) in [6, 6.07) is 17.8. The molecule has 1 aliphatic carbocycles. The normalized spacial score (nSPS) is 16.2. The summed E-state index contributed by atoms with van der Waals surface area (Å²) in [6.07, 6.45) is 3.18. The smallest absolute Gasteiger partial charge is 0.261 e. The van der Waals surface area contributed by atoms with Gasteiger partial charge in [0, 0.05) is 0 Å². The lowest BCUT2D eigenvalue weighted by molar-refractivity contribution is 0.0937. The van der Waals surface area contributed by atoms with Crippen molar-refractivity contribution in [3.63, 3.8) is 0 Å². The molecule has 0 saturated heterocycles. The van der Waals surface area contributed by atoms with Crippen LogP contribution in [0.25, 0.3) is 10.6 Å². The van der Waals surface area contributed by atoms with Crippen molar-refractivity contribution < 1.29 is 4.79 Å². The molecule has 1 atom stereocenters. The summed E-state index contributed by atoms with van der Waals surface area (Å²) in [6.45, 7) is 0. The number of nitrogens with zero attached hydrogens (tertiary/aromatic N) is 1. The maximum atomic E-state index is 12.7. The summed E-state index contributed by atoms with van der Waals surface area (Å²) in [5.41, 5.74) is 9.13. The van der Waals surface area contributed by atoms with Crippen LogP contribution in [0.1, 0.15) is 39.7 Å². The number of nitrogens with two attached hydrogens (primary N) is 1. The van der Waals surface area contributed by atoms with Crippen molar-refractivity contribution in [3.8, 4) is 10.6 Å². The third-order valence-electron chi connectivity index (χ3n) is 4.53. The second-order valence-electron chi connectivity index (χ2n) is 6.23. The van der Waals surface area contributed by atoms with Crippen LogP contribution in [0.4, 0.5) is 5.82 Å². The molecule has 0 bridgehead atoms. The van der Waals surface area contributed by atoms with E-state index in [9.17, 15) is 4.79 Å². The molecule has 4 rings (SSSR count). The van der Waals surface area contributed by atoms with E-state index in [1.807, 2.05) is 30.3 Å². The van der Waals surface area contributed by atoms with Gasteiger partial charge in [-0.3, -0.25) is 4.79 Å². The Morgan fingerprint density at radius 2 is 2.00 bits per heavy atom. The first-order valence-corrected chi connectivity index (χ1v) is 9.24. The second-order valence-corrected chi connectivity index (χ2v) is 7.31. The predicted octanol–water partition coefficient (Wildman–Crippen LogP) is 4.20. The fourth-order valence-corrected chi connectivity index (χ4v) is 4.20. The van der Waals surface area contributed by atoms with Crippen LogP contribution in [0.3, 0.4) is 0 Å². The summed E-state index contributed by atoms with van der Waals surface area (Å²) >= 11 is 1.44. The van der Waals surface area contributed by atoms with Crippen LogP contribution in [0.15, 0.2) is 54.6 Å². The largest absolute Gasteiger partial charge is 0.384 e. The zero-order valence-corrected chi connectivity index (χ0v) is 14.6.